The van der Waals surface area contributed by atoms with Crippen LogP contribution in [-0.2, 0) is 14.6 Å². The number of aliphatic imine (C=N–C) groups is 1. The van der Waals surface area contributed by atoms with E-state index < -0.39 is 9.84 Å². The first-order chi connectivity index (χ1) is 13.7. The molecule has 0 aliphatic carbocycles. The molecule has 8 nitrogen and oxygen atoms in total. The number of hydrogen-bond acceptors (Lipinski definition) is 7. The summed E-state index contributed by atoms with van der Waals surface area (Å²) < 4.78 is 23.8. The molecule has 154 valence electrons. The van der Waals surface area contributed by atoms with Crippen LogP contribution in [0.1, 0.15) is 16.8 Å². The number of nitrogens with zero attached hydrogens (tertiary/aromatic N) is 3. The number of nitrogens with one attached hydrogen (secondary N) is 2. The number of amidine groups is 1. The van der Waals surface area contributed by atoms with Gasteiger partial charge in [0.15, 0.2) is 20.8 Å². The van der Waals surface area contributed by atoms with Crippen LogP contribution in [0.4, 0.5) is 11.5 Å². The Bertz CT molecular complexity index is 1090. The highest BCUT2D eigenvalue weighted by molar-refractivity contribution is 8.15. The molecule has 1 fully saturated rings. The summed E-state index contributed by atoms with van der Waals surface area (Å²) >= 11 is 1.44. The Labute approximate surface area is 174 Å². The van der Waals surface area contributed by atoms with Crippen molar-refractivity contribution in [3.63, 3.8) is 0 Å². The number of rotatable bonds is 4. The van der Waals surface area contributed by atoms with Gasteiger partial charge in [0.1, 0.15) is 6.54 Å². The number of amides is 1. The van der Waals surface area contributed by atoms with E-state index in [-0.39, 0.29) is 35.2 Å². The van der Waals surface area contributed by atoms with Crippen LogP contribution < -0.4 is 10.2 Å². The molecule has 1 aromatic carbocycles. The van der Waals surface area contributed by atoms with E-state index in [1.807, 2.05) is 43.9 Å². The maximum Gasteiger partial charge on any atom is 0.245 e. The first-order valence-electron chi connectivity index (χ1n) is 9.32. The first kappa shape index (κ1) is 20.0. The van der Waals surface area contributed by atoms with Gasteiger partial charge in [0, 0.05) is 22.7 Å². The predicted molar refractivity (Wildman–Crippen MR) is 116 cm³/mol. The molecule has 0 bridgehead atoms. The van der Waals surface area contributed by atoms with Crippen molar-refractivity contribution in [2.45, 2.75) is 32.1 Å². The smallest absolute Gasteiger partial charge is 0.245 e. The maximum atomic E-state index is 12.7. The van der Waals surface area contributed by atoms with Crippen LogP contribution in [0, 0.1) is 20.8 Å². The number of carbonyl (C=O) groups excluding carboxylic acids is 1. The van der Waals surface area contributed by atoms with E-state index in [0.29, 0.717) is 11.0 Å². The minimum atomic E-state index is -3.03. The second kappa shape index (κ2) is 7.49. The molecule has 2 unspecified atom stereocenters. The summed E-state index contributed by atoms with van der Waals surface area (Å²) in [4.78, 5) is 19.2. The van der Waals surface area contributed by atoms with Crippen molar-refractivity contribution >= 4 is 44.2 Å². The molecule has 29 heavy (non-hydrogen) atoms. The summed E-state index contributed by atoms with van der Waals surface area (Å²) in [5.41, 5.74) is 3.99. The number of hydrogen-bond donors (Lipinski definition) is 2. The largest absolute Gasteiger partial charge is 0.312 e. The Morgan fingerprint density at radius 2 is 2.03 bits per heavy atom. The van der Waals surface area contributed by atoms with Crippen LogP contribution in [0.5, 0.6) is 0 Å². The molecule has 4 rings (SSSR count). The lowest BCUT2D eigenvalue weighted by Gasteiger charge is -2.24. The van der Waals surface area contributed by atoms with Gasteiger partial charge < -0.3 is 10.2 Å². The maximum absolute atomic E-state index is 12.7. The monoisotopic (exact) mass is 433 g/mol. The van der Waals surface area contributed by atoms with Gasteiger partial charge >= 0.3 is 0 Å². The average Bonchev–Trinajstić information content (AvgIpc) is 3.27. The number of H-pyrrole nitrogens is 1. The van der Waals surface area contributed by atoms with Crippen molar-refractivity contribution in [2.75, 3.05) is 28.3 Å². The van der Waals surface area contributed by atoms with Crippen LogP contribution >= 0.6 is 11.8 Å². The Balaban J connectivity index is 1.59. The van der Waals surface area contributed by atoms with Gasteiger partial charge in [-0.05, 0) is 44.0 Å². The van der Waals surface area contributed by atoms with Crippen LogP contribution in [0.3, 0.4) is 0 Å². The Kier molecular flexibility index (Phi) is 5.16. The Hall–Kier alpha value is -2.33. The second-order valence-corrected chi connectivity index (χ2v) is 10.9. The summed E-state index contributed by atoms with van der Waals surface area (Å²) in [5, 5.41) is 10.2. The molecule has 2 aromatic rings. The highest BCUT2D eigenvalue weighted by Crippen LogP contribution is 2.37. The number of thioether (sulfide) groups is 1. The van der Waals surface area contributed by atoms with Crippen molar-refractivity contribution in [3.05, 3.63) is 41.1 Å². The second-order valence-electron chi connectivity index (χ2n) is 7.55. The Morgan fingerprint density at radius 1 is 1.24 bits per heavy atom. The fourth-order valence-electron chi connectivity index (χ4n) is 3.44. The molecule has 2 atom stereocenters. The first-order valence-corrected chi connectivity index (χ1v) is 12.0. The van der Waals surface area contributed by atoms with Crippen LogP contribution in [0.2, 0.25) is 0 Å². The fourth-order valence-corrected chi connectivity index (χ4v) is 7.22. The minimum Gasteiger partial charge on any atom is -0.312 e. The predicted octanol–water partition coefficient (Wildman–Crippen LogP) is 2.05. The highest BCUT2D eigenvalue weighted by Gasteiger charge is 2.44. The van der Waals surface area contributed by atoms with E-state index in [1.165, 1.54) is 11.8 Å². The SMILES string of the molecule is Cc1cc(NC(=O)CN(C2=NC3CS(=O)(=O)CC3S2)c2ccc(C)c(C)c2)n[nH]1. The molecule has 1 amide bonds. The molecule has 2 N–H and O–H groups in total. The Morgan fingerprint density at radius 3 is 2.69 bits per heavy atom. The van der Waals surface area contributed by atoms with E-state index in [2.05, 4.69) is 20.5 Å². The van der Waals surface area contributed by atoms with Gasteiger partial charge in [-0.15, -0.1) is 0 Å². The molecule has 1 aromatic heterocycles. The molecular formula is C19H23N5O3S2. The van der Waals surface area contributed by atoms with Crippen molar-refractivity contribution in [3.8, 4) is 0 Å². The number of anilines is 2. The van der Waals surface area contributed by atoms with Crippen LogP contribution in [-0.4, -0.2) is 59.0 Å². The zero-order valence-electron chi connectivity index (χ0n) is 16.5. The van der Waals surface area contributed by atoms with Crippen molar-refractivity contribution < 1.29 is 13.2 Å². The summed E-state index contributed by atoms with van der Waals surface area (Å²) in [6, 6.07) is 7.51. The number of carbonyl (C=O) groups is 1. The number of aromatic amines is 1. The third-order valence-electron chi connectivity index (χ3n) is 5.11. The summed E-state index contributed by atoms with van der Waals surface area (Å²) in [6.45, 7) is 5.98. The van der Waals surface area contributed by atoms with Gasteiger partial charge in [0.25, 0.3) is 0 Å². The minimum absolute atomic E-state index is 0.0619. The standard InChI is InChI=1S/C19H23N5O3S2/c1-11-4-5-14(6-12(11)2)24(8-18(25)21-17-7-13(3)22-23-17)19-20-15-9-29(26,27)10-16(15)28-19/h4-7,15-16H,8-10H2,1-3H3,(H2,21,22,23,25). The van der Waals surface area contributed by atoms with Gasteiger partial charge in [-0.1, -0.05) is 17.8 Å². The molecule has 1 saturated heterocycles. The van der Waals surface area contributed by atoms with E-state index in [0.717, 1.165) is 22.5 Å². The van der Waals surface area contributed by atoms with E-state index in [4.69, 9.17) is 0 Å². The molecular weight excluding hydrogens is 410 g/mol. The highest BCUT2D eigenvalue weighted by atomic mass is 32.2. The van der Waals surface area contributed by atoms with Gasteiger partial charge in [-0.2, -0.15) is 5.10 Å². The van der Waals surface area contributed by atoms with E-state index >= 15 is 0 Å². The van der Waals surface area contributed by atoms with E-state index in [9.17, 15) is 13.2 Å². The lowest BCUT2D eigenvalue weighted by atomic mass is 10.1. The van der Waals surface area contributed by atoms with Gasteiger partial charge in [-0.25, -0.2) is 8.42 Å². The molecule has 0 saturated carbocycles. The summed E-state index contributed by atoms with van der Waals surface area (Å²) in [7, 11) is -3.03. The summed E-state index contributed by atoms with van der Waals surface area (Å²) in [6.07, 6.45) is 0. The number of sulfone groups is 1. The number of benzene rings is 1. The zero-order valence-corrected chi connectivity index (χ0v) is 18.1. The summed E-state index contributed by atoms with van der Waals surface area (Å²) in [5.74, 6) is 0.460. The number of aryl methyl sites for hydroxylation is 3. The van der Waals surface area contributed by atoms with Crippen molar-refractivity contribution in [2.24, 2.45) is 4.99 Å². The fraction of sp³-hybridized carbons (Fsp3) is 0.421. The van der Waals surface area contributed by atoms with Crippen molar-refractivity contribution in [1.29, 1.82) is 0 Å². The molecule has 0 spiro atoms. The lowest BCUT2D eigenvalue weighted by Crippen LogP contribution is -2.36. The topological polar surface area (TPSA) is 108 Å². The van der Waals surface area contributed by atoms with Crippen LogP contribution in [0.25, 0.3) is 0 Å². The van der Waals surface area contributed by atoms with Crippen LogP contribution in [0.15, 0.2) is 29.3 Å². The lowest BCUT2D eigenvalue weighted by molar-refractivity contribution is -0.114. The molecule has 3 heterocycles. The van der Waals surface area contributed by atoms with Gasteiger partial charge in [-0.3, -0.25) is 14.9 Å². The number of aromatic nitrogens is 2. The van der Waals surface area contributed by atoms with Gasteiger partial charge in [0.05, 0.1) is 17.5 Å². The third kappa shape index (κ3) is 4.32. The molecule has 2 aliphatic heterocycles. The van der Waals surface area contributed by atoms with Crippen molar-refractivity contribution in [1.82, 2.24) is 10.2 Å². The average molecular weight is 434 g/mol. The third-order valence-corrected chi connectivity index (χ3v) is 8.36. The van der Waals surface area contributed by atoms with Gasteiger partial charge in [0.2, 0.25) is 5.91 Å². The normalized spacial score (nSPS) is 22.2. The molecule has 2 aliphatic rings. The van der Waals surface area contributed by atoms with E-state index in [1.54, 1.807) is 6.07 Å². The zero-order chi connectivity index (χ0) is 20.8. The molecule has 10 heteroatoms. The molecule has 0 radical (unpaired) electrons. The quantitative estimate of drug-likeness (QED) is 0.764. The number of fused-ring (bicyclic) bond motifs is 1.